The minimum atomic E-state index is -1.19. The largest absolute Gasteiger partial charge is 0.477 e. The van der Waals surface area contributed by atoms with Crippen molar-refractivity contribution in [3.05, 3.63) is 22.3 Å². The third kappa shape index (κ3) is 6.27. The number of carboxylic acid groups (broad SMARTS) is 1. The topological polar surface area (TPSA) is 174 Å². The van der Waals surface area contributed by atoms with Crippen LogP contribution in [0.5, 0.6) is 0 Å². The van der Waals surface area contributed by atoms with Crippen molar-refractivity contribution in [1.82, 2.24) is 15.2 Å². The van der Waals surface area contributed by atoms with Gasteiger partial charge >= 0.3 is 11.9 Å². The number of fused-ring (bicyclic) bond motifs is 1. The molecule has 0 bridgehead atoms. The summed E-state index contributed by atoms with van der Waals surface area (Å²) in [4.78, 5) is 59.8. The molecule has 1 aromatic heterocycles. The van der Waals surface area contributed by atoms with Gasteiger partial charge in [0.05, 0.1) is 0 Å². The van der Waals surface area contributed by atoms with E-state index in [2.05, 4.69) is 15.5 Å². The number of hydrogen-bond donors (Lipinski definition) is 3. The second-order valence-corrected chi connectivity index (χ2v) is 11.3. The van der Waals surface area contributed by atoms with Crippen molar-refractivity contribution in [3.63, 3.8) is 0 Å². The molecule has 0 spiro atoms. The van der Waals surface area contributed by atoms with E-state index in [1.165, 1.54) is 33.8 Å². The van der Waals surface area contributed by atoms with Crippen molar-refractivity contribution in [3.8, 4) is 0 Å². The van der Waals surface area contributed by atoms with Gasteiger partial charge in [0.25, 0.3) is 11.8 Å². The number of hydrogen-bond acceptors (Lipinski definition) is 12. The van der Waals surface area contributed by atoms with E-state index < -0.39 is 47.4 Å². The monoisotopic (exact) mass is 543 g/mol. The Bertz CT molecular complexity index is 1100. The molecule has 1 fully saturated rings. The fourth-order valence-electron chi connectivity index (χ4n) is 3.30. The minimum absolute atomic E-state index is 0.0412. The lowest BCUT2D eigenvalue weighted by Crippen LogP contribution is -2.71. The Morgan fingerprint density at radius 3 is 2.69 bits per heavy atom. The van der Waals surface area contributed by atoms with Gasteiger partial charge in [-0.1, -0.05) is 5.16 Å². The SMILES string of the molecule is CSCC1=C(C(=O)O)N2C(=O)C(NC(=O)C(=NOCC(=O)OC(C)(C)C)c3csc(N)n3)[C@@H]2SC1. The molecule has 2 atom stereocenters. The second kappa shape index (κ2) is 10.9. The highest BCUT2D eigenvalue weighted by atomic mass is 32.2. The van der Waals surface area contributed by atoms with Crippen LogP contribution in [0.2, 0.25) is 0 Å². The molecule has 2 amide bonds. The van der Waals surface area contributed by atoms with Gasteiger partial charge in [-0.15, -0.1) is 23.1 Å². The summed E-state index contributed by atoms with van der Waals surface area (Å²) in [6.45, 7) is 4.54. The van der Waals surface area contributed by atoms with E-state index in [1.807, 2.05) is 6.26 Å². The number of β-lactam (4-membered cyclic amide) rings is 1. The number of carbonyl (C=O) groups excluding carboxylic acids is 3. The van der Waals surface area contributed by atoms with Gasteiger partial charge in [-0.05, 0) is 32.6 Å². The lowest BCUT2D eigenvalue weighted by Gasteiger charge is -2.49. The van der Waals surface area contributed by atoms with Crippen molar-refractivity contribution in [2.75, 3.05) is 30.1 Å². The Balaban J connectivity index is 1.75. The predicted octanol–water partition coefficient (Wildman–Crippen LogP) is 0.889. The standard InChI is InChI=1S/C20H25N5O7S3/c1-20(2,3)32-11(26)5-31-24-12(10-8-35-19(21)22-10)15(27)23-13-16(28)25-14(18(29)30)9(6-33-4)7-34-17(13)25/h8,13,17H,5-7H2,1-4H3,(H2,21,22)(H,23,27)(H,29,30)/t13?,17-/m0/s1. The van der Waals surface area contributed by atoms with Crippen molar-refractivity contribution in [2.45, 2.75) is 37.8 Å². The molecule has 15 heteroatoms. The molecule has 2 aliphatic rings. The number of amides is 2. The van der Waals surface area contributed by atoms with Crippen LogP contribution in [0.1, 0.15) is 26.5 Å². The zero-order valence-corrected chi connectivity index (χ0v) is 21.8. The molecule has 3 heterocycles. The normalized spacial score (nSPS) is 20.2. The minimum Gasteiger partial charge on any atom is -0.477 e. The van der Waals surface area contributed by atoms with Gasteiger partial charge in [-0.25, -0.2) is 14.6 Å². The predicted molar refractivity (Wildman–Crippen MR) is 133 cm³/mol. The molecule has 4 N–H and O–H groups in total. The number of esters is 1. The highest BCUT2D eigenvalue weighted by molar-refractivity contribution is 8.00. The Kier molecular flexibility index (Phi) is 8.33. The average Bonchev–Trinajstić information content (AvgIpc) is 3.19. The maximum atomic E-state index is 13.0. The number of thioether (sulfide) groups is 2. The third-order valence-electron chi connectivity index (χ3n) is 4.59. The first-order valence-electron chi connectivity index (χ1n) is 10.3. The molecule has 0 saturated carbocycles. The summed E-state index contributed by atoms with van der Waals surface area (Å²) in [6.07, 6.45) is 1.85. The van der Waals surface area contributed by atoms with E-state index in [0.29, 0.717) is 17.1 Å². The van der Waals surface area contributed by atoms with Gasteiger partial charge in [0.15, 0.2) is 10.8 Å². The van der Waals surface area contributed by atoms with Crippen LogP contribution in [0.15, 0.2) is 21.8 Å². The summed E-state index contributed by atoms with van der Waals surface area (Å²) in [5.74, 6) is -2.29. The summed E-state index contributed by atoms with van der Waals surface area (Å²) < 4.78 is 5.14. The molecule has 190 valence electrons. The number of carbonyl (C=O) groups is 4. The average molecular weight is 544 g/mol. The van der Waals surface area contributed by atoms with E-state index >= 15 is 0 Å². The third-order valence-corrected chi connectivity index (χ3v) is 7.24. The lowest BCUT2D eigenvalue weighted by atomic mass is 10.0. The van der Waals surface area contributed by atoms with Gasteiger partial charge in [0.1, 0.15) is 28.4 Å². The number of rotatable bonds is 9. The molecule has 2 aliphatic heterocycles. The number of thiazole rings is 1. The highest BCUT2D eigenvalue weighted by Crippen LogP contribution is 2.41. The number of aromatic nitrogens is 1. The van der Waals surface area contributed by atoms with E-state index in [4.69, 9.17) is 15.3 Å². The summed E-state index contributed by atoms with van der Waals surface area (Å²) in [7, 11) is 0. The Hall–Kier alpha value is -2.78. The molecule has 1 aromatic rings. The Morgan fingerprint density at radius 2 is 2.11 bits per heavy atom. The number of nitrogens with two attached hydrogens (primary N) is 1. The van der Waals surface area contributed by atoms with Crippen LogP contribution in [-0.2, 0) is 28.8 Å². The van der Waals surface area contributed by atoms with Crippen molar-refractivity contribution < 1.29 is 33.9 Å². The molecule has 0 radical (unpaired) electrons. The second-order valence-electron chi connectivity index (χ2n) is 8.42. The van der Waals surface area contributed by atoms with Crippen LogP contribution in [0.4, 0.5) is 5.13 Å². The maximum absolute atomic E-state index is 13.0. The molecule has 1 saturated heterocycles. The molecular weight excluding hydrogens is 518 g/mol. The molecule has 3 rings (SSSR count). The first-order valence-corrected chi connectivity index (χ1v) is 13.6. The summed E-state index contributed by atoms with van der Waals surface area (Å²) in [5, 5.41) is 17.1. The zero-order valence-electron chi connectivity index (χ0n) is 19.4. The molecule has 35 heavy (non-hydrogen) atoms. The van der Waals surface area contributed by atoms with Crippen LogP contribution < -0.4 is 11.1 Å². The highest BCUT2D eigenvalue weighted by Gasteiger charge is 2.54. The first-order chi connectivity index (χ1) is 16.4. The molecule has 1 unspecified atom stereocenters. The smallest absolute Gasteiger partial charge is 0.352 e. The summed E-state index contributed by atoms with van der Waals surface area (Å²) in [6, 6.07) is -0.968. The van der Waals surface area contributed by atoms with E-state index in [1.54, 1.807) is 20.8 Å². The van der Waals surface area contributed by atoms with Gasteiger partial charge in [-0.3, -0.25) is 14.5 Å². The fraction of sp³-hybridized carbons (Fsp3) is 0.500. The number of anilines is 1. The lowest BCUT2D eigenvalue weighted by molar-refractivity contribution is -0.160. The fourth-order valence-corrected chi connectivity index (χ4v) is 5.91. The number of carboxylic acids is 1. The number of aliphatic carboxylic acids is 1. The summed E-state index contributed by atoms with van der Waals surface area (Å²) in [5.41, 5.74) is 5.37. The van der Waals surface area contributed by atoms with Crippen LogP contribution in [0.25, 0.3) is 0 Å². The van der Waals surface area contributed by atoms with Crippen molar-refractivity contribution in [2.24, 2.45) is 5.16 Å². The molecule has 12 nitrogen and oxygen atoms in total. The number of nitrogen functional groups attached to an aromatic ring is 1. The van der Waals surface area contributed by atoms with Crippen molar-refractivity contribution in [1.29, 1.82) is 0 Å². The molecular formula is C20H25N5O7S3. The Morgan fingerprint density at radius 1 is 1.40 bits per heavy atom. The van der Waals surface area contributed by atoms with E-state index in [9.17, 15) is 24.3 Å². The van der Waals surface area contributed by atoms with Crippen LogP contribution >= 0.6 is 34.9 Å². The quantitative estimate of drug-likeness (QED) is 0.175. The number of ether oxygens (including phenoxy) is 1. The van der Waals surface area contributed by atoms with Crippen molar-refractivity contribution >= 4 is 69.5 Å². The zero-order chi connectivity index (χ0) is 25.9. The summed E-state index contributed by atoms with van der Waals surface area (Å²) >= 11 is 3.90. The van der Waals surface area contributed by atoms with Gasteiger partial charge in [0.2, 0.25) is 6.61 Å². The Labute approximate surface area is 213 Å². The number of nitrogens with zero attached hydrogens (tertiary/aromatic N) is 3. The van der Waals surface area contributed by atoms with Gasteiger partial charge < -0.3 is 25.7 Å². The van der Waals surface area contributed by atoms with Crippen LogP contribution in [0.3, 0.4) is 0 Å². The molecule has 0 aromatic carbocycles. The first kappa shape index (κ1) is 26.8. The number of oxime groups is 1. The van der Waals surface area contributed by atoms with Crippen LogP contribution in [0, 0.1) is 0 Å². The van der Waals surface area contributed by atoms with E-state index in [-0.39, 0.29) is 22.2 Å². The van der Waals surface area contributed by atoms with E-state index in [0.717, 1.165) is 11.3 Å². The van der Waals surface area contributed by atoms with Gasteiger partial charge in [-0.2, -0.15) is 11.8 Å². The van der Waals surface area contributed by atoms with Crippen LogP contribution in [-0.4, -0.2) is 85.8 Å². The van der Waals surface area contributed by atoms with Gasteiger partial charge in [0, 0.05) is 16.9 Å². The maximum Gasteiger partial charge on any atom is 0.352 e. The molecule has 0 aliphatic carbocycles. The number of nitrogens with one attached hydrogen (secondary N) is 1.